The molecule has 2 rings (SSSR count). The summed E-state index contributed by atoms with van der Waals surface area (Å²) in [5.74, 6) is -0.680. The first-order valence-corrected chi connectivity index (χ1v) is 9.85. The van der Waals surface area contributed by atoms with Crippen LogP contribution in [0.15, 0.2) is 24.3 Å². The Morgan fingerprint density at radius 2 is 1.93 bits per heavy atom. The fourth-order valence-corrected chi connectivity index (χ4v) is 3.86. The molecule has 1 aliphatic rings. The molecule has 28 heavy (non-hydrogen) atoms. The van der Waals surface area contributed by atoms with Gasteiger partial charge in [0.15, 0.2) is 0 Å². The number of rotatable bonds is 9. The fraction of sp³-hybridized carbons (Fsp3) is 0.524. The first kappa shape index (κ1) is 22.5. The van der Waals surface area contributed by atoms with E-state index in [2.05, 4.69) is 0 Å². The lowest BCUT2D eigenvalue weighted by atomic mass is 9.89. The molecule has 7 heteroatoms. The van der Waals surface area contributed by atoms with Crippen LogP contribution in [0.3, 0.4) is 0 Å². The number of allylic oxidation sites excluding steroid dienone is 1. The van der Waals surface area contributed by atoms with Crippen molar-refractivity contribution in [3.05, 3.63) is 40.4 Å². The number of Topliss-reactive ketones (excluding diaryl/α,β-unsaturated/α-hetero) is 1. The Kier molecular flexibility index (Phi) is 8.10. The molecule has 0 aromatic heterocycles. The summed E-state index contributed by atoms with van der Waals surface area (Å²) in [6, 6.07) is 3.79. The lowest BCUT2D eigenvalue weighted by Crippen LogP contribution is -2.13. The minimum Gasteiger partial charge on any atom is -0.481 e. The molecule has 1 aromatic rings. The van der Waals surface area contributed by atoms with E-state index in [0.29, 0.717) is 24.8 Å². The van der Waals surface area contributed by atoms with Crippen LogP contribution >= 0.6 is 11.6 Å². The molecule has 0 spiro atoms. The Balaban J connectivity index is 1.93. The molecule has 2 atom stereocenters. The van der Waals surface area contributed by atoms with Gasteiger partial charge in [0.05, 0.1) is 10.6 Å². The van der Waals surface area contributed by atoms with Crippen molar-refractivity contribution >= 4 is 29.4 Å². The Bertz CT molecular complexity index is 728. The van der Waals surface area contributed by atoms with Gasteiger partial charge < -0.3 is 5.11 Å². The Hall–Kier alpha value is -1.82. The normalized spacial score (nSPS) is 20.2. The molecule has 0 bridgehead atoms. The number of aliphatic carboxylic acids is 1. The van der Waals surface area contributed by atoms with E-state index in [1.165, 1.54) is 12.1 Å². The van der Waals surface area contributed by atoms with E-state index < -0.39 is 17.7 Å². The van der Waals surface area contributed by atoms with Crippen LogP contribution in [-0.2, 0) is 15.8 Å². The first-order chi connectivity index (χ1) is 13.2. The summed E-state index contributed by atoms with van der Waals surface area (Å²) in [7, 11) is 0. The molecule has 1 fully saturated rings. The number of hydrogen-bond acceptors (Lipinski definition) is 2. The molecule has 1 aliphatic carbocycles. The highest BCUT2D eigenvalue weighted by Gasteiger charge is 2.34. The lowest BCUT2D eigenvalue weighted by molar-refractivity contribution is -0.138. The molecule has 1 aromatic carbocycles. The summed E-state index contributed by atoms with van der Waals surface area (Å²) >= 11 is 5.64. The molecule has 3 nitrogen and oxygen atoms in total. The number of benzene rings is 1. The maximum atomic E-state index is 13.0. The van der Waals surface area contributed by atoms with Gasteiger partial charge in [0, 0.05) is 18.8 Å². The summed E-state index contributed by atoms with van der Waals surface area (Å²) in [5.41, 5.74) is -0.458. The summed E-state index contributed by atoms with van der Waals surface area (Å²) in [6.07, 6.45) is 4.23. The van der Waals surface area contributed by atoms with E-state index in [1.807, 2.05) is 6.08 Å². The highest BCUT2D eigenvalue weighted by molar-refractivity contribution is 6.31. The number of hydrogen-bond donors (Lipinski definition) is 1. The van der Waals surface area contributed by atoms with Gasteiger partial charge in [-0.2, -0.15) is 13.2 Å². The largest absolute Gasteiger partial charge is 0.481 e. The number of unbranched alkanes of at least 4 members (excludes halogenated alkanes) is 3. The van der Waals surface area contributed by atoms with E-state index in [-0.39, 0.29) is 29.1 Å². The molecule has 0 aliphatic heterocycles. The van der Waals surface area contributed by atoms with Gasteiger partial charge in [-0.15, -0.1) is 0 Å². The van der Waals surface area contributed by atoms with Crippen molar-refractivity contribution in [2.45, 2.75) is 57.5 Å². The number of carboxylic acids is 1. The van der Waals surface area contributed by atoms with Gasteiger partial charge in [-0.1, -0.05) is 49.1 Å². The first-order valence-electron chi connectivity index (χ1n) is 9.48. The number of alkyl halides is 3. The SMILES string of the molecule is O=C(O)CCCCCCC1C(=O)CCC1/C=C/c1ccc(Cl)c(C(F)(F)F)c1. The smallest absolute Gasteiger partial charge is 0.417 e. The third-order valence-electron chi connectivity index (χ3n) is 5.14. The van der Waals surface area contributed by atoms with Crippen LogP contribution in [0, 0.1) is 11.8 Å². The zero-order chi connectivity index (χ0) is 20.7. The van der Waals surface area contributed by atoms with Crippen LogP contribution in [-0.4, -0.2) is 16.9 Å². The van der Waals surface area contributed by atoms with Crippen LogP contribution in [0.25, 0.3) is 6.08 Å². The van der Waals surface area contributed by atoms with Gasteiger partial charge in [-0.3, -0.25) is 9.59 Å². The average Bonchev–Trinajstić information content (AvgIpc) is 2.96. The van der Waals surface area contributed by atoms with Gasteiger partial charge in [0.2, 0.25) is 0 Å². The molecule has 0 amide bonds. The second-order valence-corrected chi connectivity index (χ2v) is 7.63. The molecular weight excluding hydrogens is 393 g/mol. The van der Waals surface area contributed by atoms with Crippen molar-refractivity contribution in [1.29, 1.82) is 0 Å². The molecule has 0 radical (unpaired) electrons. The summed E-state index contributed by atoms with van der Waals surface area (Å²) < 4.78 is 38.9. The zero-order valence-electron chi connectivity index (χ0n) is 15.5. The summed E-state index contributed by atoms with van der Waals surface area (Å²) in [5, 5.41) is 8.29. The number of carboxylic acid groups (broad SMARTS) is 1. The molecule has 0 heterocycles. The Labute approximate surface area is 167 Å². The van der Waals surface area contributed by atoms with Crippen molar-refractivity contribution in [1.82, 2.24) is 0 Å². The van der Waals surface area contributed by atoms with Crippen molar-refractivity contribution < 1.29 is 27.9 Å². The van der Waals surface area contributed by atoms with Crippen LogP contribution < -0.4 is 0 Å². The molecule has 1 saturated carbocycles. The topological polar surface area (TPSA) is 54.4 Å². The quantitative estimate of drug-likeness (QED) is 0.474. The van der Waals surface area contributed by atoms with Crippen molar-refractivity contribution in [3.8, 4) is 0 Å². The average molecular weight is 417 g/mol. The van der Waals surface area contributed by atoms with E-state index in [4.69, 9.17) is 16.7 Å². The van der Waals surface area contributed by atoms with Gasteiger partial charge in [-0.25, -0.2) is 0 Å². The second-order valence-electron chi connectivity index (χ2n) is 7.22. The highest BCUT2D eigenvalue weighted by Crippen LogP contribution is 2.37. The van der Waals surface area contributed by atoms with Gasteiger partial charge in [0.25, 0.3) is 0 Å². The second kappa shape index (κ2) is 10.1. The summed E-state index contributed by atoms with van der Waals surface area (Å²) in [4.78, 5) is 22.6. The fourth-order valence-electron chi connectivity index (χ4n) is 3.63. The van der Waals surface area contributed by atoms with Crippen molar-refractivity contribution in [2.24, 2.45) is 11.8 Å². The zero-order valence-corrected chi connectivity index (χ0v) is 16.2. The highest BCUT2D eigenvalue weighted by atomic mass is 35.5. The molecule has 2 unspecified atom stereocenters. The standard InChI is InChI=1S/C21H24ClF3O3/c22-18-11-8-14(13-17(18)21(23,24)25)7-9-15-10-12-19(26)16(15)5-3-1-2-4-6-20(27)28/h7-9,11,13,15-16H,1-6,10,12H2,(H,27,28)/b9-7+. The third kappa shape index (κ3) is 6.66. The predicted molar refractivity (Wildman–Crippen MR) is 102 cm³/mol. The number of carbonyl (C=O) groups excluding carboxylic acids is 1. The van der Waals surface area contributed by atoms with Gasteiger partial charge in [-0.05, 0) is 42.9 Å². The van der Waals surface area contributed by atoms with E-state index >= 15 is 0 Å². The molecular formula is C21H24ClF3O3. The minimum absolute atomic E-state index is 0.0246. The van der Waals surface area contributed by atoms with Crippen molar-refractivity contribution in [3.63, 3.8) is 0 Å². The Morgan fingerprint density at radius 1 is 1.21 bits per heavy atom. The van der Waals surface area contributed by atoms with E-state index in [9.17, 15) is 22.8 Å². The van der Waals surface area contributed by atoms with E-state index in [1.54, 1.807) is 6.08 Å². The third-order valence-corrected chi connectivity index (χ3v) is 5.47. The predicted octanol–water partition coefficient (Wildman–Crippen LogP) is 6.39. The lowest BCUT2D eigenvalue weighted by Gasteiger charge is -2.15. The number of carbonyl (C=O) groups is 2. The van der Waals surface area contributed by atoms with Gasteiger partial charge >= 0.3 is 12.1 Å². The Morgan fingerprint density at radius 3 is 2.61 bits per heavy atom. The molecule has 154 valence electrons. The van der Waals surface area contributed by atoms with Crippen LogP contribution in [0.5, 0.6) is 0 Å². The van der Waals surface area contributed by atoms with E-state index in [0.717, 1.165) is 31.7 Å². The van der Waals surface area contributed by atoms with Crippen LogP contribution in [0.1, 0.15) is 62.5 Å². The monoisotopic (exact) mass is 416 g/mol. The number of halogens is 4. The maximum absolute atomic E-state index is 13.0. The van der Waals surface area contributed by atoms with Crippen LogP contribution in [0.4, 0.5) is 13.2 Å². The van der Waals surface area contributed by atoms with Crippen LogP contribution in [0.2, 0.25) is 5.02 Å². The molecule has 0 saturated heterocycles. The van der Waals surface area contributed by atoms with Gasteiger partial charge in [0.1, 0.15) is 5.78 Å². The number of ketones is 1. The molecule has 1 N–H and O–H groups in total. The maximum Gasteiger partial charge on any atom is 0.417 e. The van der Waals surface area contributed by atoms with Crippen molar-refractivity contribution in [2.75, 3.05) is 0 Å². The minimum atomic E-state index is -4.51. The summed E-state index contributed by atoms with van der Waals surface area (Å²) in [6.45, 7) is 0.